The summed E-state index contributed by atoms with van der Waals surface area (Å²) in [5.41, 5.74) is 7.65. The van der Waals surface area contributed by atoms with Crippen molar-refractivity contribution >= 4 is 5.69 Å². The van der Waals surface area contributed by atoms with E-state index in [1.165, 1.54) is 18.5 Å². The van der Waals surface area contributed by atoms with Crippen LogP contribution >= 0.6 is 0 Å². The van der Waals surface area contributed by atoms with E-state index in [1.807, 2.05) is 0 Å². The highest BCUT2D eigenvalue weighted by atomic mass is 19.1. The number of hydrogen-bond donors (Lipinski definition) is 2. The molecule has 7 heteroatoms. The number of nitrogens with one attached hydrogen (secondary N) is 1. The van der Waals surface area contributed by atoms with Crippen LogP contribution in [0.2, 0.25) is 0 Å². The van der Waals surface area contributed by atoms with Crippen molar-refractivity contribution in [3.8, 4) is 11.3 Å². The van der Waals surface area contributed by atoms with E-state index in [4.69, 9.17) is 5.73 Å². The number of aromatic amines is 1. The monoisotopic (exact) mass is 297 g/mol. The van der Waals surface area contributed by atoms with Crippen molar-refractivity contribution in [2.75, 3.05) is 5.73 Å². The van der Waals surface area contributed by atoms with Gasteiger partial charge in [0, 0.05) is 29.4 Å². The van der Waals surface area contributed by atoms with Crippen LogP contribution in [0.25, 0.3) is 11.3 Å². The third-order valence-corrected chi connectivity index (χ3v) is 3.19. The fraction of sp³-hybridized carbons (Fsp3) is 0.0667. The van der Waals surface area contributed by atoms with E-state index < -0.39 is 5.82 Å². The molecule has 0 atom stereocenters. The maximum absolute atomic E-state index is 13.2. The maximum atomic E-state index is 13.2. The Morgan fingerprint density at radius 3 is 2.82 bits per heavy atom. The molecule has 3 rings (SSSR count). The third kappa shape index (κ3) is 2.83. The van der Waals surface area contributed by atoms with Gasteiger partial charge in [-0.15, -0.1) is 0 Å². The number of aromatic nitrogens is 4. The van der Waals surface area contributed by atoms with Gasteiger partial charge in [-0.1, -0.05) is 0 Å². The van der Waals surface area contributed by atoms with Gasteiger partial charge in [-0.25, -0.2) is 19.5 Å². The number of nitrogen functional groups attached to an aromatic ring is 1. The topological polar surface area (TPSA) is 97.5 Å². The van der Waals surface area contributed by atoms with Gasteiger partial charge in [-0.05, 0) is 30.3 Å². The minimum atomic E-state index is -0.491. The van der Waals surface area contributed by atoms with Crippen molar-refractivity contribution in [2.45, 2.75) is 6.42 Å². The number of H-pyrrole nitrogens is 1. The number of nitrogens with two attached hydrogens (primary N) is 1. The van der Waals surface area contributed by atoms with Crippen LogP contribution in [0.4, 0.5) is 10.1 Å². The molecule has 0 aliphatic rings. The minimum absolute atomic E-state index is 0.0304. The summed E-state index contributed by atoms with van der Waals surface area (Å²) >= 11 is 0. The maximum Gasteiger partial charge on any atom is 0.267 e. The lowest BCUT2D eigenvalue weighted by Crippen LogP contribution is -2.15. The zero-order valence-corrected chi connectivity index (χ0v) is 11.5. The number of hydrogen-bond acceptors (Lipinski definition) is 5. The third-order valence-electron chi connectivity index (χ3n) is 3.19. The molecule has 0 unspecified atom stereocenters. The smallest absolute Gasteiger partial charge is 0.267 e. The van der Waals surface area contributed by atoms with Crippen molar-refractivity contribution < 1.29 is 4.39 Å². The Morgan fingerprint density at radius 1 is 1.23 bits per heavy atom. The Bertz CT molecular complexity index is 863. The van der Waals surface area contributed by atoms with Crippen LogP contribution in [0.1, 0.15) is 11.3 Å². The number of rotatable bonds is 3. The molecule has 0 aliphatic carbocycles. The van der Waals surface area contributed by atoms with E-state index in [-0.39, 0.29) is 11.2 Å². The molecule has 0 aliphatic heterocycles. The highest BCUT2D eigenvalue weighted by molar-refractivity contribution is 5.64. The molecule has 0 radical (unpaired) electrons. The molecule has 0 fully saturated rings. The highest BCUT2D eigenvalue weighted by Crippen LogP contribution is 2.21. The van der Waals surface area contributed by atoms with Crippen molar-refractivity contribution in [1.82, 2.24) is 20.2 Å². The molecule has 0 saturated carbocycles. The molecule has 0 spiro atoms. The standard InChI is InChI=1S/C15H12FN5O/c16-12-2-1-9(6-13(12)17)14-7-10(15(22)21-20-14)5-11-3-4-18-8-19-11/h1-4,6-8H,5,17H2,(H,21,22). The van der Waals surface area contributed by atoms with Crippen LogP contribution in [-0.4, -0.2) is 20.2 Å². The molecule has 0 bridgehead atoms. The summed E-state index contributed by atoms with van der Waals surface area (Å²) in [7, 11) is 0. The number of halogens is 1. The summed E-state index contributed by atoms with van der Waals surface area (Å²) in [6.45, 7) is 0. The van der Waals surface area contributed by atoms with Gasteiger partial charge in [0.2, 0.25) is 0 Å². The average Bonchev–Trinajstić information content (AvgIpc) is 2.53. The second-order valence-corrected chi connectivity index (χ2v) is 4.72. The summed E-state index contributed by atoms with van der Waals surface area (Å²) < 4.78 is 13.2. The van der Waals surface area contributed by atoms with Crippen LogP contribution in [0.5, 0.6) is 0 Å². The van der Waals surface area contributed by atoms with Gasteiger partial charge >= 0.3 is 0 Å². The van der Waals surface area contributed by atoms with Crippen LogP contribution in [0.3, 0.4) is 0 Å². The molecular formula is C15H12FN5O. The van der Waals surface area contributed by atoms with Crippen LogP contribution in [-0.2, 0) is 6.42 Å². The summed E-state index contributed by atoms with van der Waals surface area (Å²) in [6, 6.07) is 7.68. The van der Waals surface area contributed by atoms with Gasteiger partial charge in [0.25, 0.3) is 5.56 Å². The van der Waals surface area contributed by atoms with Crippen LogP contribution in [0.15, 0.2) is 47.7 Å². The van der Waals surface area contributed by atoms with E-state index in [0.29, 0.717) is 23.2 Å². The highest BCUT2D eigenvalue weighted by Gasteiger charge is 2.08. The second kappa shape index (κ2) is 5.72. The molecule has 3 aromatic rings. The van der Waals surface area contributed by atoms with Crippen molar-refractivity contribution in [1.29, 1.82) is 0 Å². The SMILES string of the molecule is Nc1cc(-c2cc(Cc3ccncn3)c(=O)[nH]n2)ccc1F. The van der Waals surface area contributed by atoms with Gasteiger partial charge in [0.1, 0.15) is 12.1 Å². The molecule has 0 amide bonds. The van der Waals surface area contributed by atoms with Gasteiger partial charge in [0.05, 0.1) is 11.4 Å². The second-order valence-electron chi connectivity index (χ2n) is 4.72. The van der Waals surface area contributed by atoms with Gasteiger partial charge in [-0.2, -0.15) is 5.10 Å². The number of nitrogens with zero attached hydrogens (tertiary/aromatic N) is 3. The normalized spacial score (nSPS) is 10.6. The molecule has 1 aromatic carbocycles. The zero-order chi connectivity index (χ0) is 15.5. The number of benzene rings is 1. The predicted molar refractivity (Wildman–Crippen MR) is 79.5 cm³/mol. The van der Waals surface area contributed by atoms with Crippen molar-refractivity contribution in [3.05, 3.63) is 70.3 Å². The number of anilines is 1. The summed E-state index contributed by atoms with van der Waals surface area (Å²) in [6.07, 6.45) is 3.38. The van der Waals surface area contributed by atoms with Crippen LogP contribution < -0.4 is 11.3 Å². The molecule has 3 N–H and O–H groups in total. The first-order valence-electron chi connectivity index (χ1n) is 6.52. The predicted octanol–water partition coefficient (Wildman–Crippen LogP) is 1.54. The summed E-state index contributed by atoms with van der Waals surface area (Å²) in [4.78, 5) is 19.8. The first kappa shape index (κ1) is 13.9. The fourth-order valence-corrected chi connectivity index (χ4v) is 2.05. The zero-order valence-electron chi connectivity index (χ0n) is 11.5. The Hall–Kier alpha value is -3.09. The first-order valence-corrected chi connectivity index (χ1v) is 6.52. The molecule has 22 heavy (non-hydrogen) atoms. The van der Waals surface area contributed by atoms with E-state index in [1.54, 1.807) is 24.4 Å². The van der Waals surface area contributed by atoms with E-state index >= 15 is 0 Å². The van der Waals surface area contributed by atoms with Gasteiger partial charge in [-0.3, -0.25) is 4.79 Å². The molecule has 2 heterocycles. The summed E-state index contributed by atoms with van der Waals surface area (Å²) in [5.74, 6) is -0.491. The lowest BCUT2D eigenvalue weighted by molar-refractivity contribution is 0.632. The Labute approximate surface area is 124 Å². The fourth-order valence-electron chi connectivity index (χ4n) is 2.05. The van der Waals surface area contributed by atoms with E-state index in [9.17, 15) is 9.18 Å². The average molecular weight is 297 g/mol. The molecule has 2 aromatic heterocycles. The van der Waals surface area contributed by atoms with Crippen molar-refractivity contribution in [3.63, 3.8) is 0 Å². The van der Waals surface area contributed by atoms with E-state index in [2.05, 4.69) is 20.2 Å². The first-order chi connectivity index (χ1) is 10.6. The molecular weight excluding hydrogens is 285 g/mol. The van der Waals surface area contributed by atoms with Gasteiger partial charge < -0.3 is 5.73 Å². The van der Waals surface area contributed by atoms with Crippen LogP contribution in [0, 0.1) is 5.82 Å². The molecule has 0 saturated heterocycles. The quantitative estimate of drug-likeness (QED) is 0.715. The summed E-state index contributed by atoms with van der Waals surface area (Å²) in [5, 5.41) is 6.41. The van der Waals surface area contributed by atoms with Crippen molar-refractivity contribution in [2.24, 2.45) is 0 Å². The molecule has 110 valence electrons. The Balaban J connectivity index is 1.99. The largest absolute Gasteiger partial charge is 0.396 e. The van der Waals surface area contributed by atoms with Gasteiger partial charge in [0.15, 0.2) is 0 Å². The Kier molecular flexibility index (Phi) is 3.61. The van der Waals surface area contributed by atoms with E-state index in [0.717, 1.165) is 5.69 Å². The minimum Gasteiger partial charge on any atom is -0.396 e. The molecule has 6 nitrogen and oxygen atoms in total. The lowest BCUT2D eigenvalue weighted by Gasteiger charge is -2.05. The lowest BCUT2D eigenvalue weighted by atomic mass is 10.1. The Morgan fingerprint density at radius 2 is 2.09 bits per heavy atom.